The van der Waals surface area contributed by atoms with Crippen LogP contribution >= 0.6 is 0 Å². The van der Waals surface area contributed by atoms with Gasteiger partial charge in [0.25, 0.3) is 0 Å². The number of amides is 2. The van der Waals surface area contributed by atoms with Gasteiger partial charge in [0.2, 0.25) is 10.0 Å². The van der Waals surface area contributed by atoms with Crippen molar-refractivity contribution < 1.29 is 13.2 Å². The molecule has 23 heavy (non-hydrogen) atoms. The summed E-state index contributed by atoms with van der Waals surface area (Å²) in [6.07, 6.45) is 0.527. The normalized spacial score (nSPS) is 14.5. The zero-order valence-electron chi connectivity index (χ0n) is 13.8. The molecular formula is C16H23N3O3S. The second-order valence-corrected chi connectivity index (χ2v) is 8.09. The lowest BCUT2D eigenvalue weighted by Gasteiger charge is -2.30. The minimum absolute atomic E-state index is 0.153. The number of carbonyl (C=O) groups excluding carboxylic acids is 1. The van der Waals surface area contributed by atoms with E-state index < -0.39 is 10.0 Å². The zero-order valence-corrected chi connectivity index (χ0v) is 14.6. The first-order valence-electron chi connectivity index (χ1n) is 7.44. The maximum atomic E-state index is 12.4. The van der Waals surface area contributed by atoms with Crippen molar-refractivity contribution in [3.63, 3.8) is 0 Å². The largest absolute Gasteiger partial charge is 0.334 e. The number of rotatable bonds is 4. The fourth-order valence-electron chi connectivity index (χ4n) is 2.52. The van der Waals surface area contributed by atoms with Crippen molar-refractivity contribution in [2.45, 2.75) is 24.8 Å². The van der Waals surface area contributed by atoms with E-state index in [0.717, 1.165) is 16.7 Å². The van der Waals surface area contributed by atoms with E-state index in [-0.39, 0.29) is 6.03 Å². The minimum atomic E-state index is -3.47. The number of benzene rings is 1. The lowest BCUT2D eigenvalue weighted by molar-refractivity contribution is 0.193. The Labute approximate surface area is 137 Å². The van der Waals surface area contributed by atoms with Gasteiger partial charge in [0.1, 0.15) is 0 Å². The van der Waals surface area contributed by atoms with E-state index in [0.29, 0.717) is 31.0 Å². The molecule has 1 heterocycles. The van der Waals surface area contributed by atoms with Gasteiger partial charge in [0.05, 0.1) is 4.90 Å². The van der Waals surface area contributed by atoms with Crippen molar-refractivity contribution >= 4 is 16.1 Å². The predicted octanol–water partition coefficient (Wildman–Crippen LogP) is 1.58. The number of fused-ring (bicyclic) bond motifs is 1. The number of hydrogen-bond donors (Lipinski definition) is 1. The quantitative estimate of drug-likeness (QED) is 0.848. The van der Waals surface area contributed by atoms with Crippen molar-refractivity contribution in [2.75, 3.05) is 27.2 Å². The predicted molar refractivity (Wildman–Crippen MR) is 89.6 cm³/mol. The Balaban J connectivity index is 2.24. The summed E-state index contributed by atoms with van der Waals surface area (Å²) in [5, 5.41) is 2.81. The highest BCUT2D eigenvalue weighted by atomic mass is 32.2. The van der Waals surface area contributed by atoms with Crippen LogP contribution in [0.5, 0.6) is 0 Å². The van der Waals surface area contributed by atoms with Crippen molar-refractivity contribution in [2.24, 2.45) is 0 Å². The van der Waals surface area contributed by atoms with E-state index in [4.69, 9.17) is 0 Å². The number of nitrogens with one attached hydrogen (secondary N) is 1. The van der Waals surface area contributed by atoms with E-state index in [1.807, 2.05) is 13.0 Å². The van der Waals surface area contributed by atoms with Gasteiger partial charge >= 0.3 is 6.03 Å². The number of sulfonamides is 1. The average Bonchev–Trinajstić information content (AvgIpc) is 2.51. The minimum Gasteiger partial charge on any atom is -0.334 e. The Morgan fingerprint density at radius 3 is 2.70 bits per heavy atom. The molecule has 1 N–H and O–H groups in total. The highest BCUT2D eigenvalue weighted by Crippen LogP contribution is 2.27. The molecule has 1 aliphatic rings. The second kappa shape index (κ2) is 6.72. The summed E-state index contributed by atoms with van der Waals surface area (Å²) in [5.41, 5.74) is 2.57. The fourth-order valence-corrected chi connectivity index (χ4v) is 3.71. The number of carbonyl (C=O) groups is 1. The van der Waals surface area contributed by atoms with Gasteiger partial charge in [-0.1, -0.05) is 24.3 Å². The smallest absolute Gasteiger partial charge is 0.317 e. The van der Waals surface area contributed by atoms with Crippen molar-refractivity contribution in [1.29, 1.82) is 0 Å². The zero-order chi connectivity index (χ0) is 17.2. The average molecular weight is 337 g/mol. The van der Waals surface area contributed by atoms with Crippen LogP contribution in [0.4, 0.5) is 4.79 Å². The van der Waals surface area contributed by atoms with Gasteiger partial charge < -0.3 is 10.2 Å². The standard InChI is InChI=1S/C16H23N3O3S/c1-12(2)10-17-16(20)19-9-8-14-13(11-19)6-5-7-15(14)23(21,22)18(3)4/h5-7H,1,8-11H2,2-4H3,(H,17,20). The summed E-state index contributed by atoms with van der Waals surface area (Å²) in [6, 6.07) is 5.08. The topological polar surface area (TPSA) is 69.7 Å². The molecule has 0 spiro atoms. The monoisotopic (exact) mass is 337 g/mol. The summed E-state index contributed by atoms with van der Waals surface area (Å²) in [6.45, 7) is 6.96. The third-order valence-electron chi connectivity index (χ3n) is 3.81. The van der Waals surface area contributed by atoms with Gasteiger partial charge in [-0.15, -0.1) is 0 Å². The summed E-state index contributed by atoms with van der Waals surface area (Å²) in [7, 11) is -0.429. The van der Waals surface area contributed by atoms with Gasteiger partial charge in [-0.3, -0.25) is 0 Å². The summed E-state index contributed by atoms with van der Waals surface area (Å²) in [4.78, 5) is 14.2. The molecule has 0 unspecified atom stereocenters. The van der Waals surface area contributed by atoms with E-state index in [1.165, 1.54) is 18.4 Å². The lowest BCUT2D eigenvalue weighted by atomic mass is 10.00. The Bertz CT molecular complexity index is 726. The summed E-state index contributed by atoms with van der Waals surface area (Å²) < 4.78 is 26.1. The highest BCUT2D eigenvalue weighted by molar-refractivity contribution is 7.89. The van der Waals surface area contributed by atoms with Crippen LogP contribution in [0, 0.1) is 0 Å². The Morgan fingerprint density at radius 1 is 1.39 bits per heavy atom. The first kappa shape index (κ1) is 17.5. The molecule has 2 amide bonds. The van der Waals surface area contributed by atoms with Gasteiger partial charge in [-0.05, 0) is 30.5 Å². The molecule has 0 atom stereocenters. The van der Waals surface area contributed by atoms with Crippen molar-refractivity contribution in [1.82, 2.24) is 14.5 Å². The summed E-state index contributed by atoms with van der Waals surface area (Å²) >= 11 is 0. The van der Waals surface area contributed by atoms with Gasteiger partial charge in [-0.25, -0.2) is 17.5 Å². The molecule has 126 valence electrons. The first-order chi connectivity index (χ1) is 10.7. The Hall–Kier alpha value is -1.86. The lowest BCUT2D eigenvalue weighted by Crippen LogP contribution is -2.43. The molecule has 0 fully saturated rings. The molecule has 0 radical (unpaired) electrons. The SMILES string of the molecule is C=C(C)CNC(=O)N1CCc2c(cccc2S(=O)(=O)N(C)C)C1. The molecule has 1 aromatic carbocycles. The highest BCUT2D eigenvalue weighted by Gasteiger charge is 2.27. The van der Waals surface area contributed by atoms with Crippen LogP contribution in [0.25, 0.3) is 0 Å². The number of hydrogen-bond acceptors (Lipinski definition) is 3. The molecule has 0 bridgehead atoms. The second-order valence-electron chi connectivity index (χ2n) is 5.97. The van der Waals surface area contributed by atoms with Crippen LogP contribution in [-0.4, -0.2) is 50.8 Å². The van der Waals surface area contributed by atoms with E-state index in [9.17, 15) is 13.2 Å². The van der Waals surface area contributed by atoms with Crippen LogP contribution in [0.3, 0.4) is 0 Å². The number of urea groups is 1. The van der Waals surface area contributed by atoms with Gasteiger partial charge in [-0.2, -0.15) is 0 Å². The maximum Gasteiger partial charge on any atom is 0.317 e. The third-order valence-corrected chi connectivity index (χ3v) is 5.71. The molecule has 0 aliphatic carbocycles. The fraction of sp³-hybridized carbons (Fsp3) is 0.438. The summed E-state index contributed by atoms with van der Waals surface area (Å²) in [5.74, 6) is 0. The van der Waals surface area contributed by atoms with E-state index in [2.05, 4.69) is 11.9 Å². The van der Waals surface area contributed by atoms with Crippen molar-refractivity contribution in [3.05, 3.63) is 41.5 Å². The van der Waals surface area contributed by atoms with Crippen LogP contribution in [0.15, 0.2) is 35.2 Å². The Morgan fingerprint density at radius 2 is 2.09 bits per heavy atom. The maximum absolute atomic E-state index is 12.4. The molecule has 0 saturated carbocycles. The molecule has 0 saturated heterocycles. The molecule has 0 aromatic heterocycles. The van der Waals surface area contributed by atoms with Crippen molar-refractivity contribution in [3.8, 4) is 0 Å². The van der Waals surface area contributed by atoms with Gasteiger partial charge in [0.15, 0.2) is 0 Å². The molecular weight excluding hydrogens is 314 g/mol. The Kier molecular flexibility index (Phi) is 5.11. The molecule has 7 heteroatoms. The van der Waals surface area contributed by atoms with Crippen LogP contribution in [-0.2, 0) is 23.0 Å². The molecule has 1 aromatic rings. The molecule has 2 rings (SSSR count). The van der Waals surface area contributed by atoms with Gasteiger partial charge in [0, 0.05) is 33.7 Å². The van der Waals surface area contributed by atoms with Crippen LogP contribution in [0.1, 0.15) is 18.1 Å². The first-order valence-corrected chi connectivity index (χ1v) is 8.88. The molecule has 1 aliphatic heterocycles. The molecule has 6 nitrogen and oxygen atoms in total. The van der Waals surface area contributed by atoms with E-state index in [1.54, 1.807) is 17.0 Å². The number of nitrogens with zero attached hydrogens (tertiary/aromatic N) is 2. The van der Waals surface area contributed by atoms with E-state index >= 15 is 0 Å². The third kappa shape index (κ3) is 3.73. The van der Waals surface area contributed by atoms with Crippen LogP contribution < -0.4 is 5.32 Å². The van der Waals surface area contributed by atoms with Crippen LogP contribution in [0.2, 0.25) is 0 Å².